The van der Waals surface area contributed by atoms with Gasteiger partial charge in [0, 0.05) is 6.54 Å². The number of aromatic nitrogens is 2. The van der Waals surface area contributed by atoms with Gasteiger partial charge in [-0.2, -0.15) is 5.10 Å². The first kappa shape index (κ1) is 15.6. The van der Waals surface area contributed by atoms with Crippen molar-refractivity contribution < 1.29 is 4.74 Å². The summed E-state index contributed by atoms with van der Waals surface area (Å²) >= 11 is 6.07. The van der Waals surface area contributed by atoms with E-state index in [-0.39, 0.29) is 10.6 Å². The molecule has 0 amide bonds. The molecule has 0 aliphatic carbocycles. The van der Waals surface area contributed by atoms with Gasteiger partial charge in [0.05, 0.1) is 6.20 Å². The van der Waals surface area contributed by atoms with Crippen molar-refractivity contribution in [2.45, 2.75) is 39.8 Å². The molecule has 2 rings (SSSR count). The predicted octanol–water partition coefficient (Wildman–Crippen LogP) is 3.58. The Balaban J connectivity index is 2.08. The highest BCUT2D eigenvalue weighted by atomic mass is 35.5. The third kappa shape index (κ3) is 4.08. The smallest absolute Gasteiger partial charge is 0.289 e. The Labute approximate surface area is 129 Å². The topological polar surface area (TPSA) is 44.1 Å². The molecule has 4 nitrogen and oxygen atoms in total. The van der Waals surface area contributed by atoms with Crippen LogP contribution in [0.4, 0.5) is 0 Å². The first-order valence-corrected chi connectivity index (χ1v) is 7.43. The van der Waals surface area contributed by atoms with Crippen molar-refractivity contribution in [2.75, 3.05) is 0 Å². The Morgan fingerprint density at radius 2 is 2.00 bits per heavy atom. The van der Waals surface area contributed by atoms with Crippen LogP contribution in [-0.2, 0) is 13.2 Å². The lowest BCUT2D eigenvalue weighted by atomic mass is 10.2. The molecule has 0 radical (unpaired) electrons. The Hall–Kier alpha value is -1.81. The molecule has 0 aliphatic rings. The van der Waals surface area contributed by atoms with E-state index in [0.29, 0.717) is 18.9 Å². The van der Waals surface area contributed by atoms with Crippen molar-refractivity contribution in [1.29, 1.82) is 0 Å². The van der Waals surface area contributed by atoms with E-state index in [0.717, 1.165) is 18.4 Å². The molecule has 5 heteroatoms. The third-order valence-electron chi connectivity index (χ3n) is 3.19. The standard InChI is InChI=1S/C16H19ClN2O2/c1-3-4-9-19-16(20)15(17)14(10-18-19)21-11-13-7-5-12(2)6-8-13/h5-8,10H,3-4,9,11H2,1-2H3. The maximum absolute atomic E-state index is 12.0. The molecule has 0 unspecified atom stereocenters. The van der Waals surface area contributed by atoms with Gasteiger partial charge >= 0.3 is 0 Å². The number of hydrogen-bond acceptors (Lipinski definition) is 3. The zero-order valence-corrected chi connectivity index (χ0v) is 13.1. The summed E-state index contributed by atoms with van der Waals surface area (Å²) in [6.07, 6.45) is 3.40. The van der Waals surface area contributed by atoms with Gasteiger partial charge in [0.1, 0.15) is 6.61 Å². The summed E-state index contributed by atoms with van der Waals surface area (Å²) in [4.78, 5) is 12.0. The summed E-state index contributed by atoms with van der Waals surface area (Å²) in [6.45, 7) is 5.03. The average Bonchev–Trinajstić information content (AvgIpc) is 2.49. The molecule has 1 heterocycles. The van der Waals surface area contributed by atoms with Crippen LogP contribution in [-0.4, -0.2) is 9.78 Å². The fourth-order valence-corrected chi connectivity index (χ4v) is 2.06. The molecule has 0 saturated heterocycles. The fourth-order valence-electron chi connectivity index (χ4n) is 1.86. The lowest BCUT2D eigenvalue weighted by Crippen LogP contribution is -2.23. The molecule has 1 aromatic carbocycles. The van der Waals surface area contributed by atoms with Crippen LogP contribution in [0.15, 0.2) is 35.3 Å². The maximum Gasteiger partial charge on any atom is 0.289 e. The molecule has 0 spiro atoms. The number of ether oxygens (including phenoxy) is 1. The van der Waals surface area contributed by atoms with E-state index in [1.54, 1.807) is 0 Å². The van der Waals surface area contributed by atoms with Crippen molar-refractivity contribution in [3.05, 3.63) is 57.0 Å². The van der Waals surface area contributed by atoms with Crippen LogP contribution in [0, 0.1) is 6.92 Å². The van der Waals surface area contributed by atoms with Crippen molar-refractivity contribution in [3.8, 4) is 5.75 Å². The molecule has 0 saturated carbocycles. The van der Waals surface area contributed by atoms with Crippen LogP contribution in [0.5, 0.6) is 5.75 Å². The molecule has 0 N–H and O–H groups in total. The normalized spacial score (nSPS) is 10.6. The summed E-state index contributed by atoms with van der Waals surface area (Å²) in [5.74, 6) is 0.329. The molecule has 0 aliphatic heterocycles. The number of halogens is 1. The summed E-state index contributed by atoms with van der Waals surface area (Å²) in [6, 6.07) is 8.00. The summed E-state index contributed by atoms with van der Waals surface area (Å²) < 4.78 is 6.97. The second kappa shape index (κ2) is 7.27. The summed E-state index contributed by atoms with van der Waals surface area (Å²) in [5.41, 5.74) is 1.91. The number of hydrogen-bond donors (Lipinski definition) is 0. The fraction of sp³-hybridized carbons (Fsp3) is 0.375. The highest BCUT2D eigenvalue weighted by molar-refractivity contribution is 6.31. The van der Waals surface area contributed by atoms with E-state index < -0.39 is 0 Å². The zero-order valence-electron chi connectivity index (χ0n) is 12.3. The van der Waals surface area contributed by atoms with Crippen LogP contribution >= 0.6 is 11.6 Å². The minimum absolute atomic E-state index is 0.0909. The molecular weight excluding hydrogens is 288 g/mol. The minimum atomic E-state index is -0.300. The molecular formula is C16H19ClN2O2. The lowest BCUT2D eigenvalue weighted by molar-refractivity contribution is 0.302. The van der Waals surface area contributed by atoms with Gasteiger partial charge < -0.3 is 4.74 Å². The van der Waals surface area contributed by atoms with Crippen molar-refractivity contribution >= 4 is 11.6 Å². The largest absolute Gasteiger partial charge is 0.485 e. The second-order valence-corrected chi connectivity index (χ2v) is 5.36. The van der Waals surface area contributed by atoms with Crippen molar-refractivity contribution in [3.63, 3.8) is 0 Å². The predicted molar refractivity (Wildman–Crippen MR) is 83.9 cm³/mol. The molecule has 0 atom stereocenters. The Morgan fingerprint density at radius 1 is 1.29 bits per heavy atom. The highest BCUT2D eigenvalue weighted by Gasteiger charge is 2.10. The lowest BCUT2D eigenvalue weighted by Gasteiger charge is -2.10. The van der Waals surface area contributed by atoms with Gasteiger partial charge in [-0.3, -0.25) is 4.79 Å². The van der Waals surface area contributed by atoms with E-state index in [2.05, 4.69) is 12.0 Å². The Morgan fingerprint density at radius 3 is 2.67 bits per heavy atom. The first-order valence-electron chi connectivity index (χ1n) is 7.05. The zero-order chi connectivity index (χ0) is 15.2. The molecule has 0 fully saturated rings. The molecule has 21 heavy (non-hydrogen) atoms. The van der Waals surface area contributed by atoms with Gasteiger partial charge in [-0.25, -0.2) is 4.68 Å². The van der Waals surface area contributed by atoms with E-state index >= 15 is 0 Å². The SMILES string of the molecule is CCCCn1ncc(OCc2ccc(C)cc2)c(Cl)c1=O. The number of unbranched alkanes of at least 4 members (excludes halogenated alkanes) is 1. The van der Waals surface area contributed by atoms with Crippen LogP contribution in [0.3, 0.4) is 0 Å². The van der Waals surface area contributed by atoms with E-state index in [1.807, 2.05) is 31.2 Å². The van der Waals surface area contributed by atoms with Crippen LogP contribution in [0.25, 0.3) is 0 Å². The minimum Gasteiger partial charge on any atom is -0.485 e. The maximum atomic E-state index is 12.0. The third-order valence-corrected chi connectivity index (χ3v) is 3.54. The molecule has 1 aromatic heterocycles. The summed E-state index contributed by atoms with van der Waals surface area (Å²) in [7, 11) is 0. The van der Waals surface area contributed by atoms with Crippen LogP contribution in [0.1, 0.15) is 30.9 Å². The molecule has 0 bridgehead atoms. The number of rotatable bonds is 6. The van der Waals surface area contributed by atoms with Gasteiger partial charge in [-0.1, -0.05) is 54.8 Å². The quantitative estimate of drug-likeness (QED) is 0.819. The van der Waals surface area contributed by atoms with Gasteiger partial charge in [0.2, 0.25) is 0 Å². The van der Waals surface area contributed by atoms with Gasteiger partial charge in [-0.15, -0.1) is 0 Å². The van der Waals surface area contributed by atoms with Gasteiger partial charge in [0.25, 0.3) is 5.56 Å². The Bertz CT molecular complexity index is 650. The average molecular weight is 307 g/mol. The molecule has 112 valence electrons. The Kier molecular flexibility index (Phi) is 5.39. The number of benzene rings is 1. The van der Waals surface area contributed by atoms with E-state index in [4.69, 9.17) is 16.3 Å². The van der Waals surface area contributed by atoms with Crippen LogP contribution < -0.4 is 10.3 Å². The van der Waals surface area contributed by atoms with Gasteiger partial charge in [-0.05, 0) is 18.9 Å². The van der Waals surface area contributed by atoms with Gasteiger partial charge in [0.15, 0.2) is 10.8 Å². The first-order chi connectivity index (χ1) is 10.1. The van der Waals surface area contributed by atoms with Crippen molar-refractivity contribution in [2.24, 2.45) is 0 Å². The van der Waals surface area contributed by atoms with Crippen LogP contribution in [0.2, 0.25) is 5.02 Å². The molecule has 2 aromatic rings. The number of nitrogens with zero attached hydrogens (tertiary/aromatic N) is 2. The number of aryl methyl sites for hydroxylation is 2. The monoisotopic (exact) mass is 306 g/mol. The van der Waals surface area contributed by atoms with E-state index in [9.17, 15) is 4.79 Å². The second-order valence-electron chi connectivity index (χ2n) is 4.98. The van der Waals surface area contributed by atoms with Crippen molar-refractivity contribution in [1.82, 2.24) is 9.78 Å². The highest BCUT2D eigenvalue weighted by Crippen LogP contribution is 2.19. The summed E-state index contributed by atoms with van der Waals surface area (Å²) in [5, 5.41) is 4.19. The van der Waals surface area contributed by atoms with E-state index in [1.165, 1.54) is 16.4 Å².